The van der Waals surface area contributed by atoms with Gasteiger partial charge in [-0.1, -0.05) is 62.9 Å². The van der Waals surface area contributed by atoms with Crippen LogP contribution in [0.4, 0.5) is 0 Å². The second-order valence-corrected chi connectivity index (χ2v) is 6.82. The Labute approximate surface area is 161 Å². The number of carbonyl (C=O) groups excluding carboxylic acids is 2. The van der Waals surface area contributed by atoms with Gasteiger partial charge in [0.2, 0.25) is 0 Å². The highest BCUT2D eigenvalue weighted by Crippen LogP contribution is 2.21. The molecule has 0 fully saturated rings. The summed E-state index contributed by atoms with van der Waals surface area (Å²) in [5, 5.41) is 2.17. The molecule has 146 valence electrons. The minimum Gasteiger partial charge on any atom is -0.466 e. The SMILES string of the molecule is CCCCCCOC(=O)CCCCCC(=O)Oc1ccc2ccccc2c1. The second kappa shape index (κ2) is 12.1. The molecule has 27 heavy (non-hydrogen) atoms. The third kappa shape index (κ3) is 8.25. The molecule has 2 aromatic carbocycles. The molecule has 0 aliphatic heterocycles. The molecule has 0 aromatic heterocycles. The van der Waals surface area contributed by atoms with Crippen LogP contribution in [0.15, 0.2) is 42.5 Å². The van der Waals surface area contributed by atoms with Crippen molar-refractivity contribution in [1.82, 2.24) is 0 Å². The average molecular weight is 370 g/mol. The molecular weight excluding hydrogens is 340 g/mol. The maximum Gasteiger partial charge on any atom is 0.311 e. The Morgan fingerprint density at radius 3 is 2.26 bits per heavy atom. The summed E-state index contributed by atoms with van der Waals surface area (Å²) in [5.41, 5.74) is 0. The van der Waals surface area contributed by atoms with Gasteiger partial charge in [-0.15, -0.1) is 0 Å². The smallest absolute Gasteiger partial charge is 0.311 e. The van der Waals surface area contributed by atoms with Gasteiger partial charge in [-0.05, 0) is 42.2 Å². The van der Waals surface area contributed by atoms with Gasteiger partial charge in [0, 0.05) is 12.8 Å². The summed E-state index contributed by atoms with van der Waals surface area (Å²) in [6.45, 7) is 2.68. The minimum atomic E-state index is -0.233. The zero-order valence-corrected chi connectivity index (χ0v) is 16.2. The zero-order chi connectivity index (χ0) is 19.3. The number of unbranched alkanes of at least 4 members (excludes halogenated alkanes) is 5. The van der Waals surface area contributed by atoms with E-state index in [-0.39, 0.29) is 11.9 Å². The van der Waals surface area contributed by atoms with Crippen molar-refractivity contribution in [3.05, 3.63) is 42.5 Å². The first-order chi connectivity index (χ1) is 13.2. The zero-order valence-electron chi connectivity index (χ0n) is 16.2. The predicted octanol–water partition coefficient (Wildman–Crippen LogP) is 5.82. The van der Waals surface area contributed by atoms with Crippen molar-refractivity contribution >= 4 is 22.7 Å². The van der Waals surface area contributed by atoms with E-state index in [2.05, 4.69) is 6.92 Å². The molecule has 0 aliphatic rings. The number of ether oxygens (including phenoxy) is 2. The highest BCUT2D eigenvalue weighted by molar-refractivity contribution is 5.84. The van der Waals surface area contributed by atoms with Gasteiger partial charge in [0.25, 0.3) is 0 Å². The molecule has 2 rings (SSSR count). The van der Waals surface area contributed by atoms with Crippen LogP contribution < -0.4 is 4.74 Å². The summed E-state index contributed by atoms with van der Waals surface area (Å²) in [6.07, 6.45) is 7.49. The van der Waals surface area contributed by atoms with Crippen LogP contribution in [0, 0.1) is 0 Å². The quantitative estimate of drug-likeness (QED) is 0.268. The van der Waals surface area contributed by atoms with E-state index in [0.717, 1.165) is 42.9 Å². The van der Waals surface area contributed by atoms with E-state index in [4.69, 9.17) is 9.47 Å². The predicted molar refractivity (Wildman–Crippen MR) is 108 cm³/mol. The summed E-state index contributed by atoms with van der Waals surface area (Å²) in [6, 6.07) is 13.6. The summed E-state index contributed by atoms with van der Waals surface area (Å²) >= 11 is 0. The van der Waals surface area contributed by atoms with Gasteiger partial charge >= 0.3 is 11.9 Å². The molecular formula is C23H30O4. The van der Waals surface area contributed by atoms with Gasteiger partial charge in [-0.2, -0.15) is 0 Å². The van der Waals surface area contributed by atoms with Gasteiger partial charge in [0.1, 0.15) is 5.75 Å². The van der Waals surface area contributed by atoms with Crippen LogP contribution in [0.2, 0.25) is 0 Å². The van der Waals surface area contributed by atoms with Crippen molar-refractivity contribution in [3.63, 3.8) is 0 Å². The topological polar surface area (TPSA) is 52.6 Å². The van der Waals surface area contributed by atoms with E-state index in [1.807, 2.05) is 42.5 Å². The van der Waals surface area contributed by atoms with Crippen molar-refractivity contribution in [1.29, 1.82) is 0 Å². The Morgan fingerprint density at radius 1 is 0.778 bits per heavy atom. The number of hydrogen-bond acceptors (Lipinski definition) is 4. The number of carbonyl (C=O) groups is 2. The molecule has 0 bridgehead atoms. The van der Waals surface area contributed by atoms with Gasteiger partial charge in [-0.3, -0.25) is 9.59 Å². The van der Waals surface area contributed by atoms with Crippen LogP contribution >= 0.6 is 0 Å². The number of fused-ring (bicyclic) bond motifs is 1. The van der Waals surface area contributed by atoms with Gasteiger partial charge < -0.3 is 9.47 Å². The maximum absolute atomic E-state index is 12.0. The van der Waals surface area contributed by atoms with Crippen molar-refractivity contribution in [2.24, 2.45) is 0 Å². The highest BCUT2D eigenvalue weighted by Gasteiger charge is 2.07. The lowest BCUT2D eigenvalue weighted by Gasteiger charge is -2.06. The molecule has 0 heterocycles. The summed E-state index contributed by atoms with van der Waals surface area (Å²) < 4.78 is 10.6. The standard InChI is InChI=1S/C23H30O4/c1-2-3-4-10-17-26-22(24)13-6-5-7-14-23(25)27-21-16-15-19-11-8-9-12-20(19)18-21/h8-9,11-12,15-16,18H,2-7,10,13-14,17H2,1H3. The molecule has 0 unspecified atom stereocenters. The highest BCUT2D eigenvalue weighted by atomic mass is 16.5. The average Bonchev–Trinajstić information content (AvgIpc) is 2.67. The van der Waals surface area contributed by atoms with Gasteiger partial charge in [-0.25, -0.2) is 0 Å². The molecule has 0 radical (unpaired) electrons. The Balaban J connectivity index is 1.56. The van der Waals surface area contributed by atoms with Gasteiger partial charge in [0.15, 0.2) is 0 Å². The Morgan fingerprint density at radius 2 is 1.48 bits per heavy atom. The number of hydrogen-bond donors (Lipinski definition) is 0. The van der Waals surface area contributed by atoms with Crippen LogP contribution in [0.1, 0.15) is 64.7 Å². The van der Waals surface area contributed by atoms with Crippen molar-refractivity contribution in [2.45, 2.75) is 64.7 Å². The molecule has 0 N–H and O–H groups in total. The van der Waals surface area contributed by atoms with E-state index >= 15 is 0 Å². The van der Waals surface area contributed by atoms with E-state index in [1.54, 1.807) is 0 Å². The van der Waals surface area contributed by atoms with E-state index in [1.165, 1.54) is 12.8 Å². The number of rotatable bonds is 12. The molecule has 4 nitrogen and oxygen atoms in total. The molecule has 0 saturated carbocycles. The Kier molecular flexibility index (Phi) is 9.39. The lowest BCUT2D eigenvalue weighted by molar-refractivity contribution is -0.143. The summed E-state index contributed by atoms with van der Waals surface area (Å²) in [4.78, 5) is 23.6. The van der Waals surface area contributed by atoms with Crippen LogP contribution in [0.3, 0.4) is 0 Å². The molecule has 0 amide bonds. The van der Waals surface area contributed by atoms with Crippen LogP contribution in [-0.2, 0) is 14.3 Å². The summed E-state index contributed by atoms with van der Waals surface area (Å²) in [7, 11) is 0. The van der Waals surface area contributed by atoms with E-state index < -0.39 is 0 Å². The Bertz CT molecular complexity index is 723. The van der Waals surface area contributed by atoms with Gasteiger partial charge in [0.05, 0.1) is 6.61 Å². The van der Waals surface area contributed by atoms with Crippen LogP contribution in [-0.4, -0.2) is 18.5 Å². The lowest BCUT2D eigenvalue weighted by Crippen LogP contribution is -2.08. The fourth-order valence-corrected chi connectivity index (χ4v) is 2.92. The minimum absolute atomic E-state index is 0.134. The van der Waals surface area contributed by atoms with E-state index in [9.17, 15) is 9.59 Å². The molecule has 0 saturated heterocycles. The van der Waals surface area contributed by atoms with Crippen LogP contribution in [0.25, 0.3) is 10.8 Å². The van der Waals surface area contributed by atoms with E-state index in [0.29, 0.717) is 25.2 Å². The lowest BCUT2D eigenvalue weighted by atomic mass is 10.1. The van der Waals surface area contributed by atoms with Crippen molar-refractivity contribution in [2.75, 3.05) is 6.61 Å². The number of esters is 2. The molecule has 0 spiro atoms. The normalized spacial score (nSPS) is 10.7. The first-order valence-corrected chi connectivity index (χ1v) is 10.0. The molecule has 0 aliphatic carbocycles. The third-order valence-electron chi connectivity index (χ3n) is 4.48. The fourth-order valence-electron chi connectivity index (χ4n) is 2.92. The largest absolute Gasteiger partial charge is 0.466 e. The fraction of sp³-hybridized carbons (Fsp3) is 0.478. The number of benzene rings is 2. The summed E-state index contributed by atoms with van der Waals surface area (Å²) in [5.74, 6) is 0.208. The molecule has 2 aromatic rings. The van der Waals surface area contributed by atoms with Crippen molar-refractivity contribution in [3.8, 4) is 5.75 Å². The maximum atomic E-state index is 12.0. The first-order valence-electron chi connectivity index (χ1n) is 10.0. The molecule has 0 atom stereocenters. The molecule has 4 heteroatoms. The second-order valence-electron chi connectivity index (χ2n) is 6.82. The third-order valence-corrected chi connectivity index (χ3v) is 4.48. The van der Waals surface area contributed by atoms with Crippen LogP contribution in [0.5, 0.6) is 5.75 Å². The first kappa shape index (κ1) is 20.9. The van der Waals surface area contributed by atoms with Crippen molar-refractivity contribution < 1.29 is 19.1 Å². The Hall–Kier alpha value is -2.36. The monoisotopic (exact) mass is 370 g/mol.